The van der Waals surface area contributed by atoms with E-state index in [9.17, 15) is 9.59 Å². The second-order valence-electron chi connectivity index (χ2n) is 4.56. The Morgan fingerprint density at radius 1 is 1.00 bits per heavy atom. The number of aldehydes is 1. The number of hydrogen-bond donors (Lipinski definition) is 1. The van der Waals surface area contributed by atoms with Gasteiger partial charge in [-0.3, -0.25) is 9.59 Å². The van der Waals surface area contributed by atoms with E-state index in [4.69, 9.17) is 5.73 Å². The molecule has 0 unspecified atom stereocenters. The van der Waals surface area contributed by atoms with E-state index in [1.165, 1.54) is 11.3 Å². The lowest BCUT2D eigenvalue weighted by Gasteiger charge is -2.01. The van der Waals surface area contributed by atoms with Gasteiger partial charge in [0.05, 0.1) is 0 Å². The zero-order valence-electron chi connectivity index (χ0n) is 11.4. The first-order valence-electron chi connectivity index (χ1n) is 6.47. The molecule has 3 rings (SSSR count). The second kappa shape index (κ2) is 5.87. The minimum atomic E-state index is -0.498. The average Bonchev–Trinajstić information content (AvgIpc) is 3.04. The first-order valence-corrected chi connectivity index (χ1v) is 7.29. The highest BCUT2D eigenvalue weighted by atomic mass is 32.1. The lowest BCUT2D eigenvalue weighted by molar-refractivity contribution is 0.100. The van der Waals surface area contributed by atoms with Crippen molar-refractivity contribution in [3.63, 3.8) is 0 Å². The minimum absolute atomic E-state index is 0.418. The van der Waals surface area contributed by atoms with Gasteiger partial charge in [0.1, 0.15) is 16.3 Å². The molecule has 2 aromatic carbocycles. The molecule has 6 heteroatoms. The molecule has 1 heterocycles. The molecule has 22 heavy (non-hydrogen) atoms. The van der Waals surface area contributed by atoms with Gasteiger partial charge < -0.3 is 5.73 Å². The molecule has 3 aromatic rings. The van der Waals surface area contributed by atoms with Crippen LogP contribution in [0.2, 0.25) is 0 Å². The number of hydrogen-bond acceptors (Lipinski definition) is 5. The fourth-order valence-corrected chi connectivity index (χ4v) is 2.93. The Morgan fingerprint density at radius 3 is 2.36 bits per heavy atom. The molecule has 0 aliphatic carbocycles. The van der Waals surface area contributed by atoms with E-state index in [1.54, 1.807) is 30.3 Å². The summed E-state index contributed by atoms with van der Waals surface area (Å²) in [5, 5.41) is 9.63. The highest BCUT2D eigenvalue weighted by Crippen LogP contribution is 2.31. The van der Waals surface area contributed by atoms with Gasteiger partial charge in [0, 0.05) is 22.3 Å². The van der Waals surface area contributed by atoms with Crippen molar-refractivity contribution >= 4 is 23.5 Å². The third kappa shape index (κ3) is 2.64. The first-order chi connectivity index (χ1) is 10.7. The molecule has 0 saturated carbocycles. The van der Waals surface area contributed by atoms with Gasteiger partial charge in [-0.15, -0.1) is 10.2 Å². The van der Waals surface area contributed by atoms with Crippen LogP contribution in [0.5, 0.6) is 0 Å². The van der Waals surface area contributed by atoms with Crippen LogP contribution in [0.1, 0.15) is 20.7 Å². The lowest BCUT2D eigenvalue weighted by Crippen LogP contribution is -2.12. The van der Waals surface area contributed by atoms with Crippen molar-refractivity contribution in [2.45, 2.75) is 0 Å². The molecule has 2 N–H and O–H groups in total. The van der Waals surface area contributed by atoms with Gasteiger partial charge in [-0.1, -0.05) is 53.8 Å². The Labute approximate surface area is 130 Å². The molecule has 0 atom stereocenters. The molecule has 1 aromatic heterocycles. The summed E-state index contributed by atoms with van der Waals surface area (Å²) in [6.07, 6.45) is 0.790. The molecule has 0 bridgehead atoms. The van der Waals surface area contributed by atoms with Crippen LogP contribution >= 0.6 is 11.3 Å². The first kappa shape index (κ1) is 14.1. The van der Waals surface area contributed by atoms with Crippen LogP contribution in [-0.2, 0) is 0 Å². The van der Waals surface area contributed by atoms with Gasteiger partial charge in [0.15, 0.2) is 0 Å². The van der Waals surface area contributed by atoms with Crippen LogP contribution < -0.4 is 5.73 Å². The summed E-state index contributed by atoms with van der Waals surface area (Å²) < 4.78 is 0. The SMILES string of the molecule is NC(=O)c1ccccc1-c1nnc(-c2ccc(C=O)cc2)s1. The largest absolute Gasteiger partial charge is 0.366 e. The fourth-order valence-electron chi connectivity index (χ4n) is 2.04. The Balaban J connectivity index is 2.00. The Morgan fingerprint density at radius 2 is 1.68 bits per heavy atom. The van der Waals surface area contributed by atoms with Crippen molar-refractivity contribution < 1.29 is 9.59 Å². The standard InChI is InChI=1S/C16H11N3O2S/c17-14(21)12-3-1-2-4-13(12)16-19-18-15(22-16)11-7-5-10(9-20)6-8-11/h1-9H,(H2,17,21). The predicted octanol–water partition coefficient (Wildman–Crippen LogP) is 2.78. The van der Waals surface area contributed by atoms with Crippen molar-refractivity contribution in [2.24, 2.45) is 5.73 Å². The maximum Gasteiger partial charge on any atom is 0.249 e. The minimum Gasteiger partial charge on any atom is -0.366 e. The van der Waals surface area contributed by atoms with Crippen molar-refractivity contribution in [3.8, 4) is 21.1 Å². The van der Waals surface area contributed by atoms with E-state index in [2.05, 4.69) is 10.2 Å². The van der Waals surface area contributed by atoms with E-state index in [1.807, 2.05) is 18.2 Å². The number of carbonyl (C=O) groups is 2. The number of carbonyl (C=O) groups excluding carboxylic acids is 2. The number of rotatable bonds is 4. The number of aromatic nitrogens is 2. The summed E-state index contributed by atoms with van der Waals surface area (Å²) in [5.41, 5.74) is 7.94. The zero-order chi connectivity index (χ0) is 15.5. The van der Waals surface area contributed by atoms with Gasteiger partial charge in [0.2, 0.25) is 5.91 Å². The summed E-state index contributed by atoms with van der Waals surface area (Å²) in [4.78, 5) is 22.2. The van der Waals surface area contributed by atoms with E-state index in [-0.39, 0.29) is 0 Å². The number of benzene rings is 2. The number of primary amides is 1. The third-order valence-corrected chi connectivity index (χ3v) is 4.15. The lowest BCUT2D eigenvalue weighted by atomic mass is 10.1. The number of nitrogens with two attached hydrogens (primary N) is 1. The van der Waals surface area contributed by atoms with Crippen LogP contribution in [0, 0.1) is 0 Å². The molecule has 0 saturated heterocycles. The van der Waals surface area contributed by atoms with Gasteiger partial charge in [-0.25, -0.2) is 0 Å². The van der Waals surface area contributed by atoms with Crippen molar-refractivity contribution in [3.05, 3.63) is 59.7 Å². The molecule has 108 valence electrons. The summed E-state index contributed by atoms with van der Waals surface area (Å²) in [6.45, 7) is 0. The van der Waals surface area contributed by atoms with Crippen LogP contribution in [0.4, 0.5) is 0 Å². The maximum absolute atomic E-state index is 11.5. The average molecular weight is 309 g/mol. The van der Waals surface area contributed by atoms with Crippen molar-refractivity contribution in [2.75, 3.05) is 0 Å². The van der Waals surface area contributed by atoms with E-state index < -0.39 is 5.91 Å². The predicted molar refractivity (Wildman–Crippen MR) is 84.7 cm³/mol. The Bertz CT molecular complexity index is 841. The van der Waals surface area contributed by atoms with Gasteiger partial charge in [-0.2, -0.15) is 0 Å². The second-order valence-corrected chi connectivity index (χ2v) is 5.54. The highest BCUT2D eigenvalue weighted by Gasteiger charge is 2.14. The quantitative estimate of drug-likeness (QED) is 0.751. The normalized spacial score (nSPS) is 10.4. The van der Waals surface area contributed by atoms with Crippen molar-refractivity contribution in [1.29, 1.82) is 0 Å². The van der Waals surface area contributed by atoms with Crippen molar-refractivity contribution in [1.82, 2.24) is 10.2 Å². The highest BCUT2D eigenvalue weighted by molar-refractivity contribution is 7.18. The Hall–Kier alpha value is -2.86. The Kier molecular flexibility index (Phi) is 3.76. The van der Waals surface area contributed by atoms with Gasteiger partial charge >= 0.3 is 0 Å². The molecule has 1 amide bonds. The number of amides is 1. The van der Waals surface area contributed by atoms with Crippen LogP contribution in [-0.4, -0.2) is 22.4 Å². The van der Waals surface area contributed by atoms with Crippen LogP contribution in [0.3, 0.4) is 0 Å². The summed E-state index contributed by atoms with van der Waals surface area (Å²) >= 11 is 1.37. The van der Waals surface area contributed by atoms with E-state index in [0.29, 0.717) is 26.7 Å². The smallest absolute Gasteiger partial charge is 0.249 e. The molecule has 0 aliphatic rings. The fraction of sp³-hybridized carbons (Fsp3) is 0. The summed E-state index contributed by atoms with van der Waals surface area (Å²) in [7, 11) is 0. The molecule has 5 nitrogen and oxygen atoms in total. The molecule has 0 spiro atoms. The molecule has 0 fully saturated rings. The van der Waals surface area contributed by atoms with Crippen LogP contribution in [0.15, 0.2) is 48.5 Å². The summed E-state index contributed by atoms with van der Waals surface area (Å²) in [6, 6.07) is 14.1. The summed E-state index contributed by atoms with van der Waals surface area (Å²) in [5.74, 6) is -0.498. The molecule has 0 aliphatic heterocycles. The topological polar surface area (TPSA) is 85.9 Å². The van der Waals surface area contributed by atoms with E-state index in [0.717, 1.165) is 11.8 Å². The van der Waals surface area contributed by atoms with Gasteiger partial charge in [-0.05, 0) is 6.07 Å². The zero-order valence-corrected chi connectivity index (χ0v) is 12.2. The van der Waals surface area contributed by atoms with E-state index >= 15 is 0 Å². The molecule has 0 radical (unpaired) electrons. The third-order valence-electron chi connectivity index (χ3n) is 3.14. The van der Waals surface area contributed by atoms with Gasteiger partial charge in [0.25, 0.3) is 0 Å². The monoisotopic (exact) mass is 309 g/mol. The van der Waals surface area contributed by atoms with Crippen LogP contribution in [0.25, 0.3) is 21.1 Å². The maximum atomic E-state index is 11.5. The molecular formula is C16H11N3O2S. The molecular weight excluding hydrogens is 298 g/mol. The number of nitrogens with zero attached hydrogens (tertiary/aromatic N) is 2.